The van der Waals surface area contributed by atoms with Crippen LogP contribution in [-0.4, -0.2) is 64.7 Å². The second kappa shape index (κ2) is 8.45. The Bertz CT molecular complexity index is 1400. The van der Waals surface area contributed by atoms with Gasteiger partial charge in [0.05, 0.1) is 12.1 Å². The van der Waals surface area contributed by atoms with Crippen molar-refractivity contribution in [1.82, 2.24) is 24.2 Å². The van der Waals surface area contributed by atoms with E-state index in [0.29, 0.717) is 41.5 Å². The van der Waals surface area contributed by atoms with Crippen LogP contribution in [0.1, 0.15) is 11.5 Å². The van der Waals surface area contributed by atoms with Crippen LogP contribution >= 0.6 is 0 Å². The number of benzene rings is 1. The Labute approximate surface area is 191 Å². The molecule has 0 spiro atoms. The number of fused-ring (bicyclic) bond motifs is 1. The number of H-pyrrole nitrogens is 1. The van der Waals surface area contributed by atoms with Gasteiger partial charge in [0.25, 0.3) is 0 Å². The van der Waals surface area contributed by atoms with E-state index < -0.39 is 10.0 Å². The third-order valence-electron chi connectivity index (χ3n) is 5.85. The van der Waals surface area contributed by atoms with Gasteiger partial charge in [0.2, 0.25) is 21.8 Å². The Hall–Kier alpha value is -3.50. The summed E-state index contributed by atoms with van der Waals surface area (Å²) in [6.07, 6.45) is 3.20. The van der Waals surface area contributed by atoms with E-state index in [9.17, 15) is 13.2 Å². The molecule has 3 aromatic heterocycles. The first kappa shape index (κ1) is 21.4. The molecular formula is C23H23N5O4S. The highest BCUT2D eigenvalue weighted by atomic mass is 32.2. The number of hydrogen-bond acceptors (Lipinski definition) is 6. The van der Waals surface area contributed by atoms with Crippen LogP contribution in [0.2, 0.25) is 0 Å². The van der Waals surface area contributed by atoms with Crippen LogP contribution in [0.4, 0.5) is 0 Å². The quantitative estimate of drug-likeness (QED) is 0.485. The molecule has 5 rings (SSSR count). The molecule has 1 aliphatic heterocycles. The zero-order valence-electron chi connectivity index (χ0n) is 18.1. The number of oxazole rings is 1. The molecular weight excluding hydrogens is 442 g/mol. The molecule has 0 unspecified atom stereocenters. The molecule has 1 N–H and O–H groups in total. The second-order valence-electron chi connectivity index (χ2n) is 7.90. The number of nitrogens with zero attached hydrogens (tertiary/aromatic N) is 4. The molecule has 10 heteroatoms. The van der Waals surface area contributed by atoms with Gasteiger partial charge in [-0.25, -0.2) is 18.4 Å². The van der Waals surface area contributed by atoms with Gasteiger partial charge in [0.1, 0.15) is 16.3 Å². The first-order valence-electron chi connectivity index (χ1n) is 10.7. The van der Waals surface area contributed by atoms with Crippen molar-refractivity contribution in [2.24, 2.45) is 0 Å². The number of aromatic nitrogens is 3. The largest absolute Gasteiger partial charge is 0.441 e. The van der Waals surface area contributed by atoms with E-state index >= 15 is 0 Å². The van der Waals surface area contributed by atoms with E-state index in [4.69, 9.17) is 4.42 Å². The van der Waals surface area contributed by atoms with Crippen molar-refractivity contribution in [3.8, 4) is 11.5 Å². The Kier molecular flexibility index (Phi) is 5.47. The fraction of sp³-hybridized carbons (Fsp3) is 0.261. The van der Waals surface area contributed by atoms with Gasteiger partial charge < -0.3 is 14.3 Å². The van der Waals surface area contributed by atoms with Crippen molar-refractivity contribution in [3.05, 3.63) is 66.3 Å². The van der Waals surface area contributed by atoms with E-state index in [2.05, 4.69) is 15.0 Å². The number of aromatic amines is 1. The average Bonchev–Trinajstić information content (AvgIpc) is 3.44. The minimum Gasteiger partial charge on any atom is -0.441 e. The minimum absolute atomic E-state index is 0.0978. The number of rotatable bonds is 5. The van der Waals surface area contributed by atoms with Gasteiger partial charge in [0, 0.05) is 49.5 Å². The van der Waals surface area contributed by atoms with E-state index in [1.54, 1.807) is 30.2 Å². The number of aryl methyl sites for hydroxylation is 1. The van der Waals surface area contributed by atoms with Crippen LogP contribution in [-0.2, 0) is 21.2 Å². The second-order valence-corrected chi connectivity index (χ2v) is 9.81. The van der Waals surface area contributed by atoms with Gasteiger partial charge in [-0.1, -0.05) is 18.2 Å². The van der Waals surface area contributed by atoms with Crippen molar-refractivity contribution in [3.63, 3.8) is 0 Å². The van der Waals surface area contributed by atoms with Crippen molar-refractivity contribution in [1.29, 1.82) is 0 Å². The van der Waals surface area contributed by atoms with Crippen molar-refractivity contribution in [2.45, 2.75) is 18.2 Å². The highest BCUT2D eigenvalue weighted by Crippen LogP contribution is 2.26. The van der Waals surface area contributed by atoms with Gasteiger partial charge in [-0.05, 0) is 31.2 Å². The summed E-state index contributed by atoms with van der Waals surface area (Å²) in [6.45, 7) is 2.90. The molecule has 1 saturated heterocycles. The highest BCUT2D eigenvalue weighted by molar-refractivity contribution is 7.89. The van der Waals surface area contributed by atoms with Crippen LogP contribution < -0.4 is 0 Å². The number of nitrogens with one attached hydrogen (secondary N) is 1. The standard InChI is InChI=1S/C23H23N5O4S/c1-16-19(26-23(32-16)17-6-3-2-4-7-17)14-21(29)27-10-12-28(13-11-27)33(30,31)20-15-25-22-18(20)8-5-9-24-22/h2-9,15H,10-14H2,1H3,(H,24,25). The molecule has 0 saturated carbocycles. The summed E-state index contributed by atoms with van der Waals surface area (Å²) in [6, 6.07) is 13.0. The molecule has 0 aliphatic carbocycles. The maximum atomic E-state index is 13.2. The maximum absolute atomic E-state index is 13.2. The first-order chi connectivity index (χ1) is 15.9. The Balaban J connectivity index is 1.25. The molecule has 4 aromatic rings. The predicted octanol–water partition coefficient (Wildman–Crippen LogP) is 2.60. The molecule has 33 heavy (non-hydrogen) atoms. The Morgan fingerprint density at radius 3 is 2.61 bits per heavy atom. The number of piperazine rings is 1. The van der Waals surface area contributed by atoms with Crippen LogP contribution in [0.5, 0.6) is 0 Å². The Morgan fingerprint density at radius 1 is 1.09 bits per heavy atom. The number of pyridine rings is 1. The summed E-state index contributed by atoms with van der Waals surface area (Å²) in [4.78, 5) is 26.3. The number of amides is 1. The van der Waals surface area contributed by atoms with E-state index in [1.165, 1.54) is 10.5 Å². The van der Waals surface area contributed by atoms with Gasteiger partial charge in [0.15, 0.2) is 0 Å². The lowest BCUT2D eigenvalue weighted by atomic mass is 10.2. The van der Waals surface area contributed by atoms with E-state index in [1.807, 2.05) is 30.3 Å². The molecule has 1 aliphatic rings. The average molecular weight is 466 g/mol. The molecule has 0 atom stereocenters. The highest BCUT2D eigenvalue weighted by Gasteiger charge is 2.32. The molecule has 0 bridgehead atoms. The third-order valence-corrected chi connectivity index (χ3v) is 7.79. The zero-order chi connectivity index (χ0) is 23.0. The molecule has 1 aromatic carbocycles. The lowest BCUT2D eigenvalue weighted by Crippen LogP contribution is -2.50. The number of sulfonamides is 1. The number of carbonyl (C=O) groups is 1. The van der Waals surface area contributed by atoms with Crippen LogP contribution in [0, 0.1) is 6.92 Å². The lowest BCUT2D eigenvalue weighted by molar-refractivity contribution is -0.131. The van der Waals surface area contributed by atoms with Gasteiger partial charge in [-0.2, -0.15) is 4.31 Å². The van der Waals surface area contributed by atoms with Crippen LogP contribution in [0.15, 0.2) is 64.2 Å². The Morgan fingerprint density at radius 2 is 1.85 bits per heavy atom. The summed E-state index contributed by atoms with van der Waals surface area (Å²) in [5, 5.41) is 0.562. The summed E-state index contributed by atoms with van der Waals surface area (Å²) in [7, 11) is -3.69. The topological polar surface area (TPSA) is 112 Å². The summed E-state index contributed by atoms with van der Waals surface area (Å²) in [5.74, 6) is 0.996. The monoisotopic (exact) mass is 465 g/mol. The van der Waals surface area contributed by atoms with Gasteiger partial charge in [-0.15, -0.1) is 0 Å². The summed E-state index contributed by atoms with van der Waals surface area (Å²) in [5.41, 5.74) is 1.98. The van der Waals surface area contributed by atoms with Crippen LogP contribution in [0.25, 0.3) is 22.5 Å². The summed E-state index contributed by atoms with van der Waals surface area (Å²) < 4.78 is 33.5. The predicted molar refractivity (Wildman–Crippen MR) is 122 cm³/mol. The molecule has 0 radical (unpaired) electrons. The zero-order valence-corrected chi connectivity index (χ0v) is 18.9. The molecule has 9 nitrogen and oxygen atoms in total. The molecule has 170 valence electrons. The van der Waals surface area contributed by atoms with Crippen molar-refractivity contribution in [2.75, 3.05) is 26.2 Å². The SMILES string of the molecule is Cc1oc(-c2ccccc2)nc1CC(=O)N1CCN(S(=O)(=O)c2c[nH]c3ncccc23)CC1. The fourth-order valence-electron chi connectivity index (χ4n) is 4.01. The molecule has 4 heterocycles. The summed E-state index contributed by atoms with van der Waals surface area (Å²) >= 11 is 0. The number of hydrogen-bond donors (Lipinski definition) is 1. The van der Waals surface area contributed by atoms with E-state index in [0.717, 1.165) is 5.56 Å². The maximum Gasteiger partial charge on any atom is 0.245 e. The normalized spacial score (nSPS) is 15.2. The van der Waals surface area contributed by atoms with Crippen molar-refractivity contribution >= 4 is 27.0 Å². The first-order valence-corrected chi connectivity index (χ1v) is 12.1. The lowest BCUT2D eigenvalue weighted by Gasteiger charge is -2.33. The number of carbonyl (C=O) groups excluding carboxylic acids is 1. The smallest absolute Gasteiger partial charge is 0.245 e. The minimum atomic E-state index is -3.69. The third kappa shape index (κ3) is 4.03. The van der Waals surface area contributed by atoms with E-state index in [-0.39, 0.29) is 30.3 Å². The molecule has 1 fully saturated rings. The van der Waals surface area contributed by atoms with Crippen LogP contribution in [0.3, 0.4) is 0 Å². The fourth-order valence-corrected chi connectivity index (χ4v) is 5.59. The molecule has 1 amide bonds. The van der Waals surface area contributed by atoms with Crippen molar-refractivity contribution < 1.29 is 17.6 Å². The van der Waals surface area contributed by atoms with Gasteiger partial charge >= 0.3 is 0 Å². The van der Waals surface area contributed by atoms with Gasteiger partial charge in [-0.3, -0.25) is 4.79 Å².